The van der Waals surface area contributed by atoms with E-state index < -0.39 is 0 Å². The van der Waals surface area contributed by atoms with Crippen LogP contribution in [0.2, 0.25) is 0 Å². The van der Waals surface area contributed by atoms with Crippen molar-refractivity contribution in [3.8, 4) is 10.6 Å². The molecule has 0 unspecified atom stereocenters. The van der Waals surface area contributed by atoms with E-state index in [0.29, 0.717) is 0 Å². The topological polar surface area (TPSA) is 12.9 Å². The van der Waals surface area contributed by atoms with E-state index in [1.807, 2.05) is 0 Å². The maximum atomic E-state index is 4.54. The summed E-state index contributed by atoms with van der Waals surface area (Å²) in [5.41, 5.74) is 1.09. The summed E-state index contributed by atoms with van der Waals surface area (Å²) in [6, 6.07) is 2.10. The molecule has 2 aromatic heterocycles. The van der Waals surface area contributed by atoms with Crippen LogP contribution in [0.4, 0.5) is 0 Å². The van der Waals surface area contributed by atoms with Crippen LogP contribution in [0, 0.1) is 0 Å². The van der Waals surface area contributed by atoms with Gasteiger partial charge in [0.05, 0.1) is 15.6 Å². The first kappa shape index (κ1) is 10.7. The van der Waals surface area contributed by atoms with Gasteiger partial charge in [-0.15, -0.1) is 22.7 Å². The van der Waals surface area contributed by atoms with Crippen molar-refractivity contribution >= 4 is 51.2 Å². The molecule has 0 aliphatic carbocycles. The number of hydrogen-bond donors (Lipinski definition) is 1. The normalized spacial score (nSPS) is 10.7. The van der Waals surface area contributed by atoms with E-state index >= 15 is 0 Å². The van der Waals surface area contributed by atoms with Crippen LogP contribution >= 0.6 is 51.2 Å². The molecule has 0 amide bonds. The van der Waals surface area contributed by atoms with Gasteiger partial charge < -0.3 is 0 Å². The lowest BCUT2D eigenvalue weighted by Crippen LogP contribution is -1.83. The van der Waals surface area contributed by atoms with Crippen molar-refractivity contribution in [2.75, 3.05) is 5.75 Å². The van der Waals surface area contributed by atoms with Crippen molar-refractivity contribution in [2.24, 2.45) is 0 Å². The van der Waals surface area contributed by atoms with Gasteiger partial charge in [0.2, 0.25) is 0 Å². The lowest BCUT2D eigenvalue weighted by atomic mass is 10.4. The Bertz CT molecular complexity index is 421. The second kappa shape index (κ2) is 4.79. The number of thiol groups is 1. The highest BCUT2D eigenvalue weighted by atomic mass is 79.9. The summed E-state index contributed by atoms with van der Waals surface area (Å²) in [7, 11) is 0. The standard InChI is InChI=1S/C9H8BrNS3/c10-6-3-8(13-4-6)7-5-14-9(11-7)1-2-12/h3-5,12H,1-2H2. The lowest BCUT2D eigenvalue weighted by Gasteiger charge is -1.88. The maximum absolute atomic E-state index is 4.54. The third-order valence-electron chi connectivity index (χ3n) is 1.70. The van der Waals surface area contributed by atoms with Crippen molar-refractivity contribution in [2.45, 2.75) is 6.42 Å². The summed E-state index contributed by atoms with van der Waals surface area (Å²) in [6.07, 6.45) is 0.959. The molecule has 0 aliphatic heterocycles. The van der Waals surface area contributed by atoms with E-state index in [1.165, 1.54) is 9.88 Å². The monoisotopic (exact) mass is 305 g/mol. The summed E-state index contributed by atoms with van der Waals surface area (Å²) < 4.78 is 1.13. The Labute approximate surface area is 105 Å². The Morgan fingerprint density at radius 1 is 1.36 bits per heavy atom. The fourth-order valence-corrected chi connectivity index (χ4v) is 3.71. The highest BCUT2D eigenvalue weighted by Gasteiger charge is 2.05. The number of aryl methyl sites for hydroxylation is 1. The molecule has 0 aromatic carbocycles. The highest BCUT2D eigenvalue weighted by molar-refractivity contribution is 9.10. The number of halogens is 1. The zero-order valence-electron chi connectivity index (χ0n) is 7.24. The van der Waals surface area contributed by atoms with Crippen LogP contribution in [0.1, 0.15) is 5.01 Å². The van der Waals surface area contributed by atoms with Crippen LogP contribution in [0.15, 0.2) is 21.3 Å². The first-order valence-corrected chi connectivity index (χ1v) is 7.28. The molecule has 0 N–H and O–H groups in total. The Hall–Kier alpha value is 0.160. The molecule has 0 bridgehead atoms. The van der Waals surface area contributed by atoms with Gasteiger partial charge in [-0.2, -0.15) is 12.6 Å². The second-order valence-electron chi connectivity index (χ2n) is 2.73. The number of nitrogens with zero attached hydrogens (tertiary/aromatic N) is 1. The van der Waals surface area contributed by atoms with E-state index in [1.54, 1.807) is 22.7 Å². The van der Waals surface area contributed by atoms with Gasteiger partial charge in [-0.25, -0.2) is 4.98 Å². The SMILES string of the molecule is SCCc1nc(-c2cc(Br)cs2)cs1. The fourth-order valence-electron chi connectivity index (χ4n) is 1.08. The molecule has 0 radical (unpaired) electrons. The molecule has 14 heavy (non-hydrogen) atoms. The Morgan fingerprint density at radius 2 is 2.21 bits per heavy atom. The van der Waals surface area contributed by atoms with E-state index in [0.717, 1.165) is 22.3 Å². The highest BCUT2D eigenvalue weighted by Crippen LogP contribution is 2.30. The third-order valence-corrected chi connectivity index (χ3v) is 4.54. The van der Waals surface area contributed by atoms with Crippen LogP contribution < -0.4 is 0 Å². The first-order chi connectivity index (χ1) is 6.79. The smallest absolute Gasteiger partial charge is 0.0941 e. The van der Waals surface area contributed by atoms with Gasteiger partial charge in [0.1, 0.15) is 0 Å². The molecule has 1 nitrogen and oxygen atoms in total. The number of rotatable bonds is 3. The van der Waals surface area contributed by atoms with Gasteiger partial charge in [0, 0.05) is 21.7 Å². The van der Waals surface area contributed by atoms with Gasteiger partial charge in [0.25, 0.3) is 0 Å². The van der Waals surface area contributed by atoms with Crippen LogP contribution in [0.25, 0.3) is 10.6 Å². The summed E-state index contributed by atoms with van der Waals surface area (Å²) in [4.78, 5) is 5.76. The molecule has 74 valence electrons. The summed E-state index contributed by atoms with van der Waals surface area (Å²) >= 11 is 11.1. The predicted octanol–water partition coefficient (Wildman–Crippen LogP) is 4.11. The zero-order valence-corrected chi connectivity index (χ0v) is 11.3. The average molecular weight is 306 g/mol. The molecule has 0 atom stereocenters. The first-order valence-electron chi connectivity index (χ1n) is 4.09. The van der Waals surface area contributed by atoms with Crippen molar-refractivity contribution in [1.82, 2.24) is 4.98 Å². The van der Waals surface area contributed by atoms with Crippen molar-refractivity contribution in [3.05, 3.63) is 26.3 Å². The summed E-state index contributed by atoms with van der Waals surface area (Å²) in [5.74, 6) is 0.862. The van der Waals surface area contributed by atoms with Crippen LogP contribution in [-0.2, 0) is 6.42 Å². The summed E-state index contributed by atoms with van der Waals surface area (Å²) in [6.45, 7) is 0. The summed E-state index contributed by atoms with van der Waals surface area (Å²) in [5, 5.41) is 5.35. The second-order valence-corrected chi connectivity index (χ2v) is 5.95. The molecule has 0 saturated heterocycles. The molecule has 5 heteroatoms. The number of thiophene rings is 1. The van der Waals surface area contributed by atoms with E-state index in [2.05, 4.69) is 50.4 Å². The largest absolute Gasteiger partial charge is 0.240 e. The molecule has 0 spiro atoms. The molecule has 2 aromatic rings. The molecular formula is C9H8BrNS3. The minimum atomic E-state index is 0.862. The van der Waals surface area contributed by atoms with E-state index in [9.17, 15) is 0 Å². The molecule has 2 rings (SSSR count). The number of hydrogen-bond acceptors (Lipinski definition) is 4. The number of thiazole rings is 1. The number of aromatic nitrogens is 1. The third kappa shape index (κ3) is 2.39. The molecule has 2 heterocycles. The Balaban J connectivity index is 2.24. The minimum absolute atomic E-state index is 0.862. The van der Waals surface area contributed by atoms with Gasteiger partial charge in [0.15, 0.2) is 0 Å². The molecule has 0 saturated carbocycles. The minimum Gasteiger partial charge on any atom is -0.240 e. The Morgan fingerprint density at radius 3 is 2.86 bits per heavy atom. The van der Waals surface area contributed by atoms with Gasteiger partial charge in [-0.1, -0.05) is 0 Å². The van der Waals surface area contributed by atoms with E-state index in [-0.39, 0.29) is 0 Å². The fraction of sp³-hybridized carbons (Fsp3) is 0.222. The quantitative estimate of drug-likeness (QED) is 0.842. The van der Waals surface area contributed by atoms with Crippen LogP contribution in [0.5, 0.6) is 0 Å². The molecular weight excluding hydrogens is 298 g/mol. The van der Waals surface area contributed by atoms with Gasteiger partial charge in [-0.05, 0) is 27.7 Å². The molecule has 0 fully saturated rings. The zero-order chi connectivity index (χ0) is 9.97. The maximum Gasteiger partial charge on any atom is 0.0941 e. The van der Waals surface area contributed by atoms with Crippen molar-refractivity contribution in [1.29, 1.82) is 0 Å². The van der Waals surface area contributed by atoms with Crippen LogP contribution in [0.3, 0.4) is 0 Å². The predicted molar refractivity (Wildman–Crippen MR) is 70.7 cm³/mol. The van der Waals surface area contributed by atoms with E-state index in [4.69, 9.17) is 0 Å². The van der Waals surface area contributed by atoms with Crippen molar-refractivity contribution in [3.63, 3.8) is 0 Å². The van der Waals surface area contributed by atoms with Gasteiger partial charge in [-0.3, -0.25) is 0 Å². The lowest BCUT2D eigenvalue weighted by molar-refractivity contribution is 1.12. The van der Waals surface area contributed by atoms with Gasteiger partial charge >= 0.3 is 0 Å². The average Bonchev–Trinajstić information content (AvgIpc) is 2.74. The Kier molecular flexibility index (Phi) is 3.65. The van der Waals surface area contributed by atoms with Crippen molar-refractivity contribution < 1.29 is 0 Å². The molecule has 0 aliphatic rings. The van der Waals surface area contributed by atoms with Crippen LogP contribution in [-0.4, -0.2) is 10.7 Å².